The lowest BCUT2D eigenvalue weighted by molar-refractivity contribution is 0.303. The van der Waals surface area contributed by atoms with Crippen molar-refractivity contribution in [2.45, 2.75) is 26.2 Å². The average Bonchev–Trinajstić information content (AvgIpc) is 2.06. The number of rotatable bonds is 8. The topological polar surface area (TPSA) is 3.24 Å². The Kier molecular flexibility index (Phi) is 10.8. The minimum absolute atomic E-state index is 1.09. The van der Waals surface area contributed by atoms with Crippen LogP contribution in [-0.4, -0.2) is 35.2 Å². The van der Waals surface area contributed by atoms with E-state index in [4.69, 9.17) is 0 Å². The molecule has 0 aromatic rings. The van der Waals surface area contributed by atoms with Crippen LogP contribution in [0.3, 0.4) is 0 Å². The van der Waals surface area contributed by atoms with E-state index in [1.807, 2.05) is 0 Å². The molecule has 3 heteroatoms. The molecule has 0 bridgehead atoms. The van der Waals surface area contributed by atoms with Gasteiger partial charge in [0.1, 0.15) is 0 Å². The van der Waals surface area contributed by atoms with Gasteiger partial charge in [-0.2, -0.15) is 0 Å². The van der Waals surface area contributed by atoms with Crippen LogP contribution in [0, 0.1) is 0 Å². The fraction of sp³-hybridized carbons (Fsp3) is 1.00. The maximum Gasteiger partial charge on any atom is 0.0159 e. The Morgan fingerprint density at radius 3 is 1.92 bits per heavy atom. The third-order valence-corrected chi connectivity index (χ3v) is 2.59. The van der Waals surface area contributed by atoms with Crippen LogP contribution in [0.15, 0.2) is 0 Å². The van der Waals surface area contributed by atoms with Crippen molar-refractivity contribution >= 4 is 31.9 Å². The Bertz CT molecular complexity index is 82.6. The molecule has 74 valence electrons. The molecule has 0 aromatic carbocycles. The van der Waals surface area contributed by atoms with Gasteiger partial charge in [0.15, 0.2) is 0 Å². The van der Waals surface area contributed by atoms with Crippen LogP contribution in [0.4, 0.5) is 0 Å². The van der Waals surface area contributed by atoms with Gasteiger partial charge in [-0.25, -0.2) is 0 Å². The summed E-state index contributed by atoms with van der Waals surface area (Å²) in [5.74, 6) is 0. The molecule has 0 aliphatic rings. The molecular formula is C9H19Br2N. The average molecular weight is 301 g/mol. The van der Waals surface area contributed by atoms with Crippen molar-refractivity contribution < 1.29 is 0 Å². The Labute approximate surface area is 93.2 Å². The number of hydrogen-bond acceptors (Lipinski definition) is 1. The zero-order valence-electron chi connectivity index (χ0n) is 7.86. The summed E-state index contributed by atoms with van der Waals surface area (Å²) in [4.78, 5) is 2.50. The first-order valence-corrected chi connectivity index (χ1v) is 6.93. The molecule has 0 atom stereocenters. The standard InChI is InChI=1S/C9H19Br2N/c1-2-3-4-7-12(8-5-10)9-6-11/h2-9H2,1H3. The van der Waals surface area contributed by atoms with Gasteiger partial charge in [0.25, 0.3) is 0 Å². The minimum atomic E-state index is 1.09. The normalized spacial score (nSPS) is 11.0. The maximum atomic E-state index is 3.47. The summed E-state index contributed by atoms with van der Waals surface area (Å²) >= 11 is 6.94. The van der Waals surface area contributed by atoms with E-state index in [-0.39, 0.29) is 0 Å². The quantitative estimate of drug-likeness (QED) is 0.491. The lowest BCUT2D eigenvalue weighted by Gasteiger charge is -2.19. The van der Waals surface area contributed by atoms with Crippen LogP contribution in [0.25, 0.3) is 0 Å². The van der Waals surface area contributed by atoms with Crippen LogP contribution >= 0.6 is 31.9 Å². The summed E-state index contributed by atoms with van der Waals surface area (Å²) < 4.78 is 0. The van der Waals surface area contributed by atoms with E-state index in [2.05, 4.69) is 43.7 Å². The predicted octanol–water partition coefficient (Wildman–Crippen LogP) is 3.27. The van der Waals surface area contributed by atoms with Gasteiger partial charge in [0.2, 0.25) is 0 Å². The van der Waals surface area contributed by atoms with E-state index in [1.165, 1.54) is 38.9 Å². The molecule has 0 unspecified atom stereocenters. The maximum absolute atomic E-state index is 3.47. The first-order chi connectivity index (χ1) is 5.85. The van der Waals surface area contributed by atoms with E-state index in [1.54, 1.807) is 0 Å². The summed E-state index contributed by atoms with van der Waals surface area (Å²) in [6.07, 6.45) is 4.02. The van der Waals surface area contributed by atoms with Gasteiger partial charge >= 0.3 is 0 Å². The second-order valence-electron chi connectivity index (χ2n) is 2.93. The molecule has 0 saturated heterocycles. The van der Waals surface area contributed by atoms with Gasteiger partial charge < -0.3 is 4.90 Å². The third-order valence-electron chi connectivity index (χ3n) is 1.88. The summed E-state index contributed by atoms with van der Waals surface area (Å²) in [7, 11) is 0. The zero-order chi connectivity index (χ0) is 9.23. The van der Waals surface area contributed by atoms with Crippen molar-refractivity contribution in [3.05, 3.63) is 0 Å². The van der Waals surface area contributed by atoms with Crippen molar-refractivity contribution in [3.8, 4) is 0 Å². The summed E-state index contributed by atoms with van der Waals surface area (Å²) in [6.45, 7) is 5.86. The van der Waals surface area contributed by atoms with E-state index in [0.29, 0.717) is 0 Å². The molecule has 0 amide bonds. The predicted molar refractivity (Wildman–Crippen MR) is 63.6 cm³/mol. The molecule has 0 aromatic heterocycles. The van der Waals surface area contributed by atoms with E-state index >= 15 is 0 Å². The number of nitrogens with zero attached hydrogens (tertiary/aromatic N) is 1. The summed E-state index contributed by atoms with van der Waals surface area (Å²) in [6, 6.07) is 0. The Morgan fingerprint density at radius 1 is 0.917 bits per heavy atom. The van der Waals surface area contributed by atoms with Crippen molar-refractivity contribution in [1.29, 1.82) is 0 Å². The molecule has 0 spiro atoms. The molecule has 12 heavy (non-hydrogen) atoms. The molecule has 0 heterocycles. The van der Waals surface area contributed by atoms with Crippen LogP contribution in [0.1, 0.15) is 26.2 Å². The van der Waals surface area contributed by atoms with Crippen molar-refractivity contribution in [2.75, 3.05) is 30.3 Å². The third kappa shape index (κ3) is 7.56. The molecule has 0 fully saturated rings. The lowest BCUT2D eigenvalue weighted by atomic mass is 10.2. The number of unbranched alkanes of at least 4 members (excludes halogenated alkanes) is 2. The second-order valence-corrected chi connectivity index (χ2v) is 4.51. The van der Waals surface area contributed by atoms with Crippen LogP contribution < -0.4 is 0 Å². The van der Waals surface area contributed by atoms with Crippen molar-refractivity contribution in [3.63, 3.8) is 0 Å². The van der Waals surface area contributed by atoms with Crippen LogP contribution in [0.2, 0.25) is 0 Å². The summed E-state index contributed by atoms with van der Waals surface area (Å²) in [5.41, 5.74) is 0. The highest BCUT2D eigenvalue weighted by molar-refractivity contribution is 9.09. The fourth-order valence-corrected chi connectivity index (χ4v) is 2.16. The lowest BCUT2D eigenvalue weighted by Crippen LogP contribution is -2.28. The minimum Gasteiger partial charge on any atom is -0.302 e. The molecule has 0 radical (unpaired) electrons. The van der Waals surface area contributed by atoms with Crippen LogP contribution in [0.5, 0.6) is 0 Å². The van der Waals surface area contributed by atoms with Crippen LogP contribution in [-0.2, 0) is 0 Å². The number of halogens is 2. The highest BCUT2D eigenvalue weighted by Gasteiger charge is 2.01. The first kappa shape index (κ1) is 12.9. The van der Waals surface area contributed by atoms with Gasteiger partial charge in [-0.05, 0) is 13.0 Å². The molecule has 0 N–H and O–H groups in total. The highest BCUT2D eigenvalue weighted by Crippen LogP contribution is 2.00. The number of hydrogen-bond donors (Lipinski definition) is 0. The van der Waals surface area contributed by atoms with E-state index < -0.39 is 0 Å². The van der Waals surface area contributed by atoms with Gasteiger partial charge in [-0.1, -0.05) is 51.6 Å². The Balaban J connectivity index is 3.34. The van der Waals surface area contributed by atoms with Gasteiger partial charge in [0.05, 0.1) is 0 Å². The Hall–Kier alpha value is 0.920. The molecule has 0 saturated carbocycles. The van der Waals surface area contributed by atoms with Gasteiger partial charge in [0, 0.05) is 23.7 Å². The second kappa shape index (κ2) is 10.0. The monoisotopic (exact) mass is 299 g/mol. The fourth-order valence-electron chi connectivity index (χ4n) is 1.16. The van der Waals surface area contributed by atoms with Crippen molar-refractivity contribution in [2.24, 2.45) is 0 Å². The van der Waals surface area contributed by atoms with Crippen molar-refractivity contribution in [1.82, 2.24) is 4.90 Å². The largest absolute Gasteiger partial charge is 0.302 e. The molecule has 0 rings (SSSR count). The Morgan fingerprint density at radius 2 is 1.50 bits per heavy atom. The molecule has 1 nitrogen and oxygen atoms in total. The van der Waals surface area contributed by atoms with Gasteiger partial charge in [-0.15, -0.1) is 0 Å². The number of alkyl halides is 2. The first-order valence-electron chi connectivity index (χ1n) is 4.69. The zero-order valence-corrected chi connectivity index (χ0v) is 11.0. The SMILES string of the molecule is CCCCCN(CCBr)CCBr. The molecular weight excluding hydrogens is 282 g/mol. The highest BCUT2D eigenvalue weighted by atomic mass is 79.9. The molecule has 0 aliphatic carbocycles. The van der Waals surface area contributed by atoms with E-state index in [9.17, 15) is 0 Å². The smallest absolute Gasteiger partial charge is 0.0159 e. The van der Waals surface area contributed by atoms with Gasteiger partial charge in [-0.3, -0.25) is 0 Å². The molecule has 0 aliphatic heterocycles. The summed E-state index contributed by atoms with van der Waals surface area (Å²) in [5, 5.41) is 2.18. The van der Waals surface area contributed by atoms with E-state index in [0.717, 1.165) is 10.7 Å².